The smallest absolute Gasteiger partial charge is 0.243 e. The minimum atomic E-state index is -3.85. The van der Waals surface area contributed by atoms with E-state index in [1.807, 2.05) is 26.0 Å². The van der Waals surface area contributed by atoms with Crippen molar-refractivity contribution in [2.45, 2.75) is 36.5 Å². The van der Waals surface area contributed by atoms with Crippen molar-refractivity contribution in [3.8, 4) is 0 Å². The molecule has 0 aliphatic carbocycles. The Morgan fingerprint density at radius 3 is 2.30 bits per heavy atom. The second-order valence-corrected chi connectivity index (χ2v) is 13.3. The minimum absolute atomic E-state index is 0.0425. The molecular formula is C22H25N3O5S3. The van der Waals surface area contributed by atoms with Crippen LogP contribution in [-0.2, 0) is 24.7 Å². The lowest BCUT2D eigenvalue weighted by Gasteiger charge is -2.30. The summed E-state index contributed by atoms with van der Waals surface area (Å²) in [5.74, 6) is -0.492. The molecule has 11 heteroatoms. The summed E-state index contributed by atoms with van der Waals surface area (Å²) in [6.07, 6.45) is 1.79. The molecule has 1 aliphatic rings. The molecule has 1 N–H and O–H groups in total. The van der Waals surface area contributed by atoms with E-state index in [-0.39, 0.29) is 34.7 Å². The predicted octanol–water partition coefficient (Wildman–Crippen LogP) is 3.36. The lowest BCUT2D eigenvalue weighted by atomic mass is 9.97. The monoisotopic (exact) mass is 507 g/mol. The van der Waals surface area contributed by atoms with Gasteiger partial charge in [-0.25, -0.2) is 21.8 Å². The highest BCUT2D eigenvalue weighted by atomic mass is 32.2. The van der Waals surface area contributed by atoms with Crippen LogP contribution in [0.2, 0.25) is 0 Å². The SMILES string of the molecule is Cc1ccc(C)c2sc(NC(=O)C3CCN(S(=O)(=O)c4cccc(S(C)(=O)=O)c4)CC3)nc12. The van der Waals surface area contributed by atoms with Gasteiger partial charge >= 0.3 is 0 Å². The van der Waals surface area contributed by atoms with Crippen LogP contribution in [0.5, 0.6) is 0 Å². The van der Waals surface area contributed by atoms with Crippen molar-refractivity contribution in [1.82, 2.24) is 9.29 Å². The topological polar surface area (TPSA) is 114 Å². The van der Waals surface area contributed by atoms with Crippen molar-refractivity contribution in [3.05, 3.63) is 47.5 Å². The lowest BCUT2D eigenvalue weighted by Crippen LogP contribution is -2.41. The fourth-order valence-electron chi connectivity index (χ4n) is 3.89. The summed E-state index contributed by atoms with van der Waals surface area (Å²) in [6.45, 7) is 4.35. The van der Waals surface area contributed by atoms with Crippen LogP contribution in [-0.4, -0.2) is 51.4 Å². The highest BCUT2D eigenvalue weighted by Gasteiger charge is 2.33. The van der Waals surface area contributed by atoms with Crippen LogP contribution in [0.3, 0.4) is 0 Å². The highest BCUT2D eigenvalue weighted by Crippen LogP contribution is 2.32. The van der Waals surface area contributed by atoms with Gasteiger partial charge in [-0.3, -0.25) is 4.79 Å². The summed E-state index contributed by atoms with van der Waals surface area (Å²) < 4.78 is 52.0. The molecule has 2 aromatic carbocycles. The van der Waals surface area contributed by atoms with E-state index in [0.717, 1.165) is 27.6 Å². The van der Waals surface area contributed by atoms with Crippen LogP contribution in [0.4, 0.5) is 5.13 Å². The van der Waals surface area contributed by atoms with E-state index < -0.39 is 19.9 Å². The molecule has 1 saturated heterocycles. The minimum Gasteiger partial charge on any atom is -0.302 e. The van der Waals surface area contributed by atoms with Gasteiger partial charge < -0.3 is 5.32 Å². The summed E-state index contributed by atoms with van der Waals surface area (Å²) in [7, 11) is -7.38. The molecule has 4 rings (SSSR count). The number of nitrogens with zero attached hydrogens (tertiary/aromatic N) is 2. The third-order valence-corrected chi connectivity index (χ3v) is 9.98. The Kier molecular flexibility index (Phi) is 6.34. The number of sulfone groups is 1. The Hall–Kier alpha value is -2.34. The van der Waals surface area contributed by atoms with Crippen LogP contribution in [0.1, 0.15) is 24.0 Å². The van der Waals surface area contributed by atoms with Gasteiger partial charge in [-0.2, -0.15) is 4.31 Å². The number of carbonyl (C=O) groups is 1. The molecule has 33 heavy (non-hydrogen) atoms. The number of aryl methyl sites for hydroxylation is 2. The number of fused-ring (bicyclic) bond motifs is 1. The Bertz CT molecular complexity index is 1400. The Morgan fingerprint density at radius 1 is 1.03 bits per heavy atom. The maximum Gasteiger partial charge on any atom is 0.243 e. The van der Waals surface area contributed by atoms with E-state index in [9.17, 15) is 21.6 Å². The zero-order chi connectivity index (χ0) is 24.0. The highest BCUT2D eigenvalue weighted by molar-refractivity contribution is 7.91. The molecule has 176 valence electrons. The quantitative estimate of drug-likeness (QED) is 0.567. The maximum absolute atomic E-state index is 13.0. The molecule has 2 heterocycles. The van der Waals surface area contributed by atoms with Gasteiger partial charge in [0.2, 0.25) is 15.9 Å². The predicted molar refractivity (Wildman–Crippen MR) is 129 cm³/mol. The first-order valence-corrected chi connectivity index (χ1v) is 14.6. The van der Waals surface area contributed by atoms with Gasteiger partial charge in [-0.1, -0.05) is 29.5 Å². The van der Waals surface area contributed by atoms with Gasteiger partial charge in [0.15, 0.2) is 15.0 Å². The molecule has 0 bridgehead atoms. The molecular weight excluding hydrogens is 482 g/mol. The van der Waals surface area contributed by atoms with Crippen LogP contribution >= 0.6 is 11.3 Å². The first-order chi connectivity index (χ1) is 15.5. The van der Waals surface area contributed by atoms with Crippen LogP contribution in [0.15, 0.2) is 46.2 Å². The fraction of sp³-hybridized carbons (Fsp3) is 0.364. The van der Waals surface area contributed by atoms with Crippen molar-refractivity contribution in [3.63, 3.8) is 0 Å². The molecule has 1 aromatic heterocycles. The van der Waals surface area contributed by atoms with Gasteiger partial charge in [0.05, 0.1) is 20.0 Å². The number of rotatable bonds is 5. The first-order valence-electron chi connectivity index (χ1n) is 10.4. The van der Waals surface area contributed by atoms with Gasteiger partial charge in [0.25, 0.3) is 0 Å². The van der Waals surface area contributed by atoms with E-state index in [0.29, 0.717) is 18.0 Å². The summed E-state index contributed by atoms with van der Waals surface area (Å²) in [6, 6.07) is 9.40. The second-order valence-electron chi connectivity index (χ2n) is 8.31. The number of anilines is 1. The summed E-state index contributed by atoms with van der Waals surface area (Å²) >= 11 is 1.44. The standard InChI is InChI=1S/C22H25N3O5S3/c1-14-7-8-15(2)20-19(14)23-22(31-20)24-21(26)16-9-11-25(12-10-16)33(29,30)18-6-4-5-17(13-18)32(3,27)28/h4-8,13,16H,9-12H2,1-3H3,(H,23,24,26). The molecule has 0 saturated carbocycles. The zero-order valence-corrected chi connectivity index (χ0v) is 21.0. The normalized spacial score (nSPS) is 16.2. The van der Waals surface area contributed by atoms with Crippen molar-refractivity contribution < 1.29 is 21.6 Å². The number of carbonyl (C=O) groups excluding carboxylic acids is 1. The molecule has 0 spiro atoms. The zero-order valence-electron chi connectivity index (χ0n) is 18.5. The fourth-order valence-corrected chi connectivity index (χ4v) is 7.16. The van der Waals surface area contributed by atoms with Crippen molar-refractivity contribution in [1.29, 1.82) is 0 Å². The molecule has 0 radical (unpaired) electrons. The molecule has 1 aliphatic heterocycles. The third-order valence-electron chi connectivity index (χ3n) is 5.87. The van der Waals surface area contributed by atoms with E-state index in [2.05, 4.69) is 10.3 Å². The summed E-state index contributed by atoms with van der Waals surface area (Å²) in [5.41, 5.74) is 3.03. The second kappa shape index (κ2) is 8.79. The van der Waals surface area contributed by atoms with Crippen LogP contribution in [0.25, 0.3) is 10.2 Å². The van der Waals surface area contributed by atoms with Crippen LogP contribution < -0.4 is 5.32 Å². The Balaban J connectivity index is 1.44. The number of piperidine rings is 1. The lowest BCUT2D eigenvalue weighted by molar-refractivity contribution is -0.120. The largest absolute Gasteiger partial charge is 0.302 e. The van der Waals surface area contributed by atoms with Crippen molar-refractivity contribution >= 4 is 52.5 Å². The first kappa shape index (κ1) is 23.8. The average Bonchev–Trinajstić information content (AvgIpc) is 3.21. The maximum atomic E-state index is 13.0. The van der Waals surface area contributed by atoms with Crippen LogP contribution in [0, 0.1) is 19.8 Å². The van der Waals surface area contributed by atoms with Gasteiger partial charge in [-0.05, 0) is 56.0 Å². The number of nitrogens with one attached hydrogen (secondary N) is 1. The van der Waals surface area contributed by atoms with Gasteiger partial charge in [0, 0.05) is 25.3 Å². The summed E-state index contributed by atoms with van der Waals surface area (Å²) in [5, 5.41) is 3.44. The summed E-state index contributed by atoms with van der Waals surface area (Å²) in [4.78, 5) is 17.3. The van der Waals surface area contributed by atoms with E-state index in [1.165, 1.54) is 39.9 Å². The number of thiazole rings is 1. The van der Waals surface area contributed by atoms with E-state index in [1.54, 1.807) is 0 Å². The van der Waals surface area contributed by atoms with Gasteiger partial charge in [0.1, 0.15) is 0 Å². The number of aromatic nitrogens is 1. The van der Waals surface area contributed by atoms with Gasteiger partial charge in [-0.15, -0.1) is 0 Å². The van der Waals surface area contributed by atoms with Crippen molar-refractivity contribution in [2.24, 2.45) is 5.92 Å². The third kappa shape index (κ3) is 4.81. The number of benzene rings is 2. The van der Waals surface area contributed by atoms with E-state index >= 15 is 0 Å². The average molecular weight is 508 g/mol. The van der Waals surface area contributed by atoms with Crippen molar-refractivity contribution in [2.75, 3.05) is 24.7 Å². The number of sulfonamides is 1. The molecule has 0 unspecified atom stereocenters. The molecule has 3 aromatic rings. The Labute approximate surface area is 197 Å². The molecule has 1 fully saturated rings. The number of amides is 1. The molecule has 1 amide bonds. The molecule has 8 nitrogen and oxygen atoms in total. The number of hydrogen-bond acceptors (Lipinski definition) is 7. The number of hydrogen-bond donors (Lipinski definition) is 1. The Morgan fingerprint density at radius 2 is 1.67 bits per heavy atom. The van der Waals surface area contributed by atoms with E-state index in [4.69, 9.17) is 0 Å². The molecule has 0 atom stereocenters.